The monoisotopic (exact) mass is 189 g/mol. The molecule has 0 rings (SSSR count). The van der Waals surface area contributed by atoms with Gasteiger partial charge in [-0.25, -0.2) is 8.78 Å². The van der Waals surface area contributed by atoms with Crippen LogP contribution in [0.15, 0.2) is 0 Å². The predicted octanol–water partition coefficient (Wildman–Crippen LogP) is -0.00630. The normalized spacial score (nSPS) is 13.6. The van der Waals surface area contributed by atoms with Gasteiger partial charge in [-0.3, -0.25) is 4.79 Å². The lowest BCUT2D eigenvalue weighted by molar-refractivity contribution is -0.132. The van der Waals surface area contributed by atoms with Crippen LogP contribution in [0.5, 0.6) is 0 Å². The van der Waals surface area contributed by atoms with Crippen molar-refractivity contribution < 1.29 is 27.5 Å². The summed E-state index contributed by atoms with van der Waals surface area (Å²) >= 11 is 0. The third kappa shape index (κ3) is 4.12. The number of carbonyl (C=O) groups is 1. The summed E-state index contributed by atoms with van der Waals surface area (Å²) in [5.74, 6) is -1.67. The van der Waals surface area contributed by atoms with Crippen LogP contribution < -0.4 is 5.32 Å². The van der Waals surface area contributed by atoms with Crippen molar-refractivity contribution in [3.05, 3.63) is 0 Å². The maximum absolute atomic E-state index is 11.5. The first-order valence-electron chi connectivity index (χ1n) is 2.97. The molecule has 0 fully saturated rings. The summed E-state index contributed by atoms with van der Waals surface area (Å²) in [4.78, 5) is 10.1. The Morgan fingerprint density at radius 2 is 1.83 bits per heavy atom. The molecule has 0 spiro atoms. The van der Waals surface area contributed by atoms with Crippen molar-refractivity contribution in [2.24, 2.45) is 0 Å². The van der Waals surface area contributed by atoms with Crippen LogP contribution in [0.2, 0.25) is 0 Å². The average molecular weight is 189 g/mol. The van der Waals surface area contributed by atoms with Crippen LogP contribution in [0, 0.1) is 0 Å². The van der Waals surface area contributed by atoms with Crippen molar-refractivity contribution in [1.29, 1.82) is 0 Å². The Hall–Kier alpha value is -0.850. The standard InChI is InChI=1S/C5H7F4NO2/c6-3(7)2(11)1-10-5(12)4(8)9/h2-4,11H,1H2,(H,10,12). The fourth-order valence-electron chi connectivity index (χ4n) is 0.371. The molecule has 0 heterocycles. The molecule has 1 amide bonds. The molecule has 72 valence electrons. The first-order valence-corrected chi connectivity index (χ1v) is 2.97. The van der Waals surface area contributed by atoms with E-state index in [9.17, 15) is 22.4 Å². The van der Waals surface area contributed by atoms with Crippen molar-refractivity contribution in [3.63, 3.8) is 0 Å². The molecule has 0 aromatic rings. The second kappa shape index (κ2) is 4.91. The van der Waals surface area contributed by atoms with Gasteiger partial charge in [0.05, 0.1) is 0 Å². The Balaban J connectivity index is 3.61. The summed E-state index contributed by atoms with van der Waals surface area (Å²) in [6.07, 6.45) is -8.41. The van der Waals surface area contributed by atoms with Crippen LogP contribution in [-0.4, -0.2) is 36.5 Å². The van der Waals surface area contributed by atoms with Crippen LogP contribution in [0.4, 0.5) is 17.6 Å². The van der Waals surface area contributed by atoms with E-state index in [2.05, 4.69) is 0 Å². The zero-order valence-electron chi connectivity index (χ0n) is 5.81. The second-order valence-corrected chi connectivity index (χ2v) is 1.95. The van der Waals surface area contributed by atoms with Gasteiger partial charge in [-0.1, -0.05) is 0 Å². The van der Waals surface area contributed by atoms with Gasteiger partial charge in [0.25, 0.3) is 12.3 Å². The minimum absolute atomic E-state index is 0.874. The van der Waals surface area contributed by atoms with Gasteiger partial charge in [-0.15, -0.1) is 0 Å². The Labute approximate surface area is 65.4 Å². The number of halogens is 4. The molecule has 0 aliphatic rings. The molecule has 0 aromatic carbocycles. The minimum atomic E-state index is -3.25. The number of rotatable bonds is 4. The summed E-state index contributed by atoms with van der Waals surface area (Å²) in [6, 6.07) is 0. The maximum Gasteiger partial charge on any atom is 0.315 e. The number of carbonyl (C=O) groups excluding carboxylic acids is 1. The molecule has 1 unspecified atom stereocenters. The van der Waals surface area contributed by atoms with E-state index in [4.69, 9.17) is 5.11 Å². The molecular weight excluding hydrogens is 182 g/mol. The van der Waals surface area contributed by atoms with E-state index in [-0.39, 0.29) is 0 Å². The highest BCUT2D eigenvalue weighted by atomic mass is 19.3. The Kier molecular flexibility index (Phi) is 4.57. The highest BCUT2D eigenvalue weighted by molar-refractivity contribution is 5.79. The molecule has 2 N–H and O–H groups in total. The van der Waals surface area contributed by atoms with Crippen molar-refractivity contribution in [2.45, 2.75) is 19.0 Å². The smallest absolute Gasteiger partial charge is 0.315 e. The van der Waals surface area contributed by atoms with E-state index in [1.165, 1.54) is 5.32 Å². The first kappa shape index (κ1) is 11.2. The van der Waals surface area contributed by atoms with Gasteiger partial charge >= 0.3 is 6.43 Å². The van der Waals surface area contributed by atoms with Crippen LogP contribution >= 0.6 is 0 Å². The molecule has 0 aliphatic carbocycles. The maximum atomic E-state index is 11.5. The van der Waals surface area contributed by atoms with Crippen molar-refractivity contribution >= 4 is 5.91 Å². The Bertz CT molecular complexity index is 152. The van der Waals surface area contributed by atoms with E-state index in [1.807, 2.05) is 0 Å². The number of hydrogen-bond donors (Lipinski definition) is 2. The van der Waals surface area contributed by atoms with Crippen LogP contribution in [0.25, 0.3) is 0 Å². The fourth-order valence-corrected chi connectivity index (χ4v) is 0.371. The van der Waals surface area contributed by atoms with Gasteiger partial charge in [-0.2, -0.15) is 8.78 Å². The highest BCUT2D eigenvalue weighted by Crippen LogP contribution is 1.99. The lowest BCUT2D eigenvalue weighted by atomic mass is 10.3. The summed E-state index contributed by atoms with van der Waals surface area (Å²) < 4.78 is 45.8. The lowest BCUT2D eigenvalue weighted by Gasteiger charge is -2.09. The number of alkyl halides is 4. The topological polar surface area (TPSA) is 49.3 Å². The summed E-state index contributed by atoms with van der Waals surface area (Å²) in [5, 5.41) is 9.79. The number of aliphatic hydroxyl groups is 1. The Morgan fingerprint density at radius 1 is 1.33 bits per heavy atom. The summed E-state index contributed by atoms with van der Waals surface area (Å²) in [6.45, 7) is -0.874. The number of hydrogen-bond acceptors (Lipinski definition) is 2. The van der Waals surface area contributed by atoms with E-state index in [0.717, 1.165) is 0 Å². The van der Waals surface area contributed by atoms with E-state index < -0.39 is 31.4 Å². The van der Waals surface area contributed by atoms with Crippen LogP contribution in [0.1, 0.15) is 0 Å². The molecule has 3 nitrogen and oxygen atoms in total. The van der Waals surface area contributed by atoms with Gasteiger partial charge in [0.2, 0.25) is 0 Å². The SMILES string of the molecule is O=C(NCC(O)C(F)F)C(F)F. The molecule has 0 saturated heterocycles. The first-order chi connectivity index (χ1) is 5.45. The van der Waals surface area contributed by atoms with Crippen molar-refractivity contribution in [3.8, 4) is 0 Å². The van der Waals surface area contributed by atoms with Crippen molar-refractivity contribution in [2.75, 3.05) is 6.54 Å². The van der Waals surface area contributed by atoms with Gasteiger partial charge in [-0.05, 0) is 0 Å². The molecular formula is C5H7F4NO2. The van der Waals surface area contributed by atoms with E-state index in [1.54, 1.807) is 0 Å². The summed E-state index contributed by atoms with van der Waals surface area (Å²) in [7, 11) is 0. The quantitative estimate of drug-likeness (QED) is 0.611. The zero-order chi connectivity index (χ0) is 9.72. The fraction of sp³-hybridized carbons (Fsp3) is 0.800. The average Bonchev–Trinajstić information content (AvgIpc) is 1.98. The Morgan fingerprint density at radius 3 is 2.17 bits per heavy atom. The molecule has 0 aliphatic heterocycles. The van der Waals surface area contributed by atoms with Gasteiger partial charge < -0.3 is 10.4 Å². The number of aliphatic hydroxyl groups excluding tert-OH is 1. The molecule has 12 heavy (non-hydrogen) atoms. The predicted molar refractivity (Wildman–Crippen MR) is 31.0 cm³/mol. The molecule has 0 radical (unpaired) electrons. The third-order valence-corrected chi connectivity index (χ3v) is 0.974. The largest absolute Gasteiger partial charge is 0.385 e. The molecule has 1 atom stereocenters. The number of amides is 1. The molecule has 0 bridgehead atoms. The van der Waals surface area contributed by atoms with Crippen molar-refractivity contribution in [1.82, 2.24) is 5.32 Å². The van der Waals surface area contributed by atoms with Gasteiger partial charge in [0, 0.05) is 6.54 Å². The second-order valence-electron chi connectivity index (χ2n) is 1.95. The zero-order valence-corrected chi connectivity index (χ0v) is 5.81. The summed E-state index contributed by atoms with van der Waals surface area (Å²) in [5.41, 5.74) is 0. The lowest BCUT2D eigenvalue weighted by Crippen LogP contribution is -2.38. The van der Waals surface area contributed by atoms with E-state index in [0.29, 0.717) is 0 Å². The van der Waals surface area contributed by atoms with Gasteiger partial charge in [0.15, 0.2) is 0 Å². The van der Waals surface area contributed by atoms with E-state index >= 15 is 0 Å². The number of nitrogens with one attached hydrogen (secondary N) is 1. The van der Waals surface area contributed by atoms with Gasteiger partial charge in [0.1, 0.15) is 6.10 Å². The molecule has 0 aromatic heterocycles. The third-order valence-electron chi connectivity index (χ3n) is 0.974. The minimum Gasteiger partial charge on any atom is -0.385 e. The van der Waals surface area contributed by atoms with Crippen LogP contribution in [-0.2, 0) is 4.79 Å². The van der Waals surface area contributed by atoms with Crippen LogP contribution in [0.3, 0.4) is 0 Å². The molecule has 0 saturated carbocycles. The highest BCUT2D eigenvalue weighted by Gasteiger charge is 2.20. The molecule has 7 heteroatoms.